The first-order valence-corrected chi connectivity index (χ1v) is 10.3. The number of carboxylic acids is 1. The number of ether oxygens (including phenoxy) is 2. The average Bonchev–Trinajstić information content (AvgIpc) is 2.76. The highest BCUT2D eigenvalue weighted by Crippen LogP contribution is 2.50. The van der Waals surface area contributed by atoms with E-state index in [1.54, 1.807) is 14.0 Å². The summed E-state index contributed by atoms with van der Waals surface area (Å²) >= 11 is 6.35. The first-order chi connectivity index (χ1) is 15.3. The highest BCUT2D eigenvalue weighted by Gasteiger charge is 2.54. The number of methoxy groups -OCH3 is 2. The fourth-order valence-corrected chi connectivity index (χ4v) is 4.48. The van der Waals surface area contributed by atoms with Crippen molar-refractivity contribution in [2.75, 3.05) is 20.8 Å². The maximum Gasteiger partial charge on any atom is 0.312 e. The highest BCUT2D eigenvalue weighted by molar-refractivity contribution is 6.31. The van der Waals surface area contributed by atoms with E-state index in [1.807, 2.05) is 24.3 Å². The molecule has 3 unspecified atom stereocenters. The number of nitrogens with one attached hydrogen (secondary N) is 1. The van der Waals surface area contributed by atoms with E-state index >= 15 is 0 Å². The van der Waals surface area contributed by atoms with Crippen molar-refractivity contribution in [1.82, 2.24) is 5.32 Å². The molecule has 1 aliphatic heterocycles. The Kier molecular flexibility index (Phi) is 7.07. The molecule has 1 aliphatic rings. The molecule has 0 fully saturated rings. The molecular formula is C24H24ClFN2O4. The summed E-state index contributed by atoms with van der Waals surface area (Å²) in [7, 11) is 3.06. The molecule has 0 radical (unpaired) electrons. The Morgan fingerprint density at radius 3 is 2.50 bits per heavy atom. The lowest BCUT2D eigenvalue weighted by Gasteiger charge is -2.46. The molecule has 168 valence electrons. The summed E-state index contributed by atoms with van der Waals surface area (Å²) in [5.41, 5.74) is 0.617. The first-order valence-electron chi connectivity index (χ1n) is 9.96. The lowest BCUT2D eigenvalue weighted by Crippen LogP contribution is -2.57. The van der Waals surface area contributed by atoms with E-state index < -0.39 is 29.2 Å². The Balaban J connectivity index is 2.20. The standard InChI is InChI=1S/C24H24ClFN2O4/c1-24(23(29)30)21(13-31-2)28-20(10-14-4-7-16(32-3)8-5-14)18(12-27)22(24)17-9-6-15(26)11-19(17)25/h4-9,11,21-22,28H,10,13H2,1-3H3,(H,29,30). The fourth-order valence-electron chi connectivity index (χ4n) is 4.21. The molecule has 0 spiro atoms. The van der Waals surface area contributed by atoms with E-state index in [2.05, 4.69) is 11.4 Å². The van der Waals surface area contributed by atoms with Crippen LogP contribution in [0.2, 0.25) is 5.02 Å². The summed E-state index contributed by atoms with van der Waals surface area (Å²) in [5.74, 6) is -1.87. The molecule has 2 aromatic rings. The number of nitriles is 1. The molecule has 8 heteroatoms. The van der Waals surface area contributed by atoms with E-state index in [9.17, 15) is 19.6 Å². The Morgan fingerprint density at radius 2 is 1.97 bits per heavy atom. The summed E-state index contributed by atoms with van der Waals surface area (Å²) in [6, 6.07) is 12.7. The number of allylic oxidation sites excluding steroid dienone is 2. The lowest BCUT2D eigenvalue weighted by atomic mass is 9.63. The van der Waals surface area contributed by atoms with Crippen LogP contribution in [0.1, 0.15) is 24.0 Å². The number of halogens is 2. The second kappa shape index (κ2) is 9.60. The van der Waals surface area contributed by atoms with Crippen molar-refractivity contribution >= 4 is 17.6 Å². The lowest BCUT2D eigenvalue weighted by molar-refractivity contribution is -0.152. The van der Waals surface area contributed by atoms with Crippen molar-refractivity contribution < 1.29 is 23.8 Å². The summed E-state index contributed by atoms with van der Waals surface area (Å²) < 4.78 is 24.3. The van der Waals surface area contributed by atoms with Crippen LogP contribution in [0, 0.1) is 22.6 Å². The van der Waals surface area contributed by atoms with Gasteiger partial charge in [-0.25, -0.2) is 4.39 Å². The Labute approximate surface area is 191 Å². The zero-order valence-electron chi connectivity index (χ0n) is 18.0. The summed E-state index contributed by atoms with van der Waals surface area (Å²) in [6.07, 6.45) is 0.359. The number of hydrogen-bond donors (Lipinski definition) is 2. The average molecular weight is 459 g/mol. The van der Waals surface area contributed by atoms with Crippen LogP contribution in [-0.4, -0.2) is 37.9 Å². The topological polar surface area (TPSA) is 91.6 Å². The monoisotopic (exact) mass is 458 g/mol. The number of nitrogens with zero attached hydrogens (tertiary/aromatic N) is 1. The zero-order chi connectivity index (χ0) is 23.5. The van der Waals surface area contributed by atoms with Gasteiger partial charge in [0, 0.05) is 30.2 Å². The number of benzene rings is 2. The van der Waals surface area contributed by atoms with Crippen molar-refractivity contribution in [1.29, 1.82) is 5.26 Å². The van der Waals surface area contributed by atoms with E-state index in [0.717, 1.165) is 11.6 Å². The van der Waals surface area contributed by atoms with Crippen LogP contribution in [0.25, 0.3) is 0 Å². The van der Waals surface area contributed by atoms with E-state index in [4.69, 9.17) is 21.1 Å². The molecule has 0 amide bonds. The van der Waals surface area contributed by atoms with Crippen LogP contribution in [0.3, 0.4) is 0 Å². The van der Waals surface area contributed by atoms with Gasteiger partial charge in [-0.1, -0.05) is 29.8 Å². The van der Waals surface area contributed by atoms with Gasteiger partial charge < -0.3 is 19.9 Å². The number of rotatable bonds is 7. The molecule has 6 nitrogen and oxygen atoms in total. The number of carboxylic acid groups (broad SMARTS) is 1. The molecule has 0 saturated carbocycles. The first kappa shape index (κ1) is 23.6. The number of aliphatic carboxylic acids is 1. The van der Waals surface area contributed by atoms with Gasteiger partial charge in [-0.15, -0.1) is 0 Å². The quantitative estimate of drug-likeness (QED) is 0.642. The third kappa shape index (κ3) is 4.29. The van der Waals surface area contributed by atoms with Crippen molar-refractivity contribution in [3.63, 3.8) is 0 Å². The summed E-state index contributed by atoms with van der Waals surface area (Å²) in [4.78, 5) is 12.6. The van der Waals surface area contributed by atoms with Crippen molar-refractivity contribution in [2.24, 2.45) is 5.41 Å². The smallest absolute Gasteiger partial charge is 0.312 e. The molecule has 32 heavy (non-hydrogen) atoms. The van der Waals surface area contributed by atoms with Gasteiger partial charge in [0.05, 0.1) is 36.8 Å². The molecule has 1 heterocycles. The van der Waals surface area contributed by atoms with Crippen LogP contribution < -0.4 is 10.1 Å². The van der Waals surface area contributed by atoms with Gasteiger partial charge in [-0.05, 0) is 42.3 Å². The molecular weight excluding hydrogens is 435 g/mol. The van der Waals surface area contributed by atoms with Crippen molar-refractivity contribution in [3.05, 3.63) is 75.7 Å². The van der Waals surface area contributed by atoms with Gasteiger partial charge in [0.2, 0.25) is 0 Å². The largest absolute Gasteiger partial charge is 0.497 e. The normalized spacial score (nSPS) is 22.8. The fraction of sp³-hybridized carbons (Fsp3) is 0.333. The molecule has 0 saturated heterocycles. The predicted octanol–water partition coefficient (Wildman–Crippen LogP) is 4.30. The molecule has 3 rings (SSSR count). The van der Waals surface area contributed by atoms with Gasteiger partial charge in [-0.3, -0.25) is 4.79 Å². The van der Waals surface area contributed by atoms with Crippen LogP contribution in [0.15, 0.2) is 53.7 Å². The van der Waals surface area contributed by atoms with Crippen molar-refractivity contribution in [2.45, 2.75) is 25.3 Å². The Hall–Kier alpha value is -3.08. The predicted molar refractivity (Wildman–Crippen MR) is 118 cm³/mol. The van der Waals surface area contributed by atoms with Gasteiger partial charge in [-0.2, -0.15) is 5.26 Å². The van der Waals surface area contributed by atoms with Crippen LogP contribution >= 0.6 is 11.6 Å². The third-order valence-electron chi connectivity index (χ3n) is 6.01. The molecule has 0 bridgehead atoms. The zero-order valence-corrected chi connectivity index (χ0v) is 18.7. The van der Waals surface area contributed by atoms with Gasteiger partial charge in [0.25, 0.3) is 0 Å². The maximum atomic E-state index is 13.7. The van der Waals surface area contributed by atoms with E-state index in [0.29, 0.717) is 23.4 Å². The minimum absolute atomic E-state index is 0.0667. The Bertz CT molecular complexity index is 1080. The van der Waals surface area contributed by atoms with Crippen LogP contribution in [0.5, 0.6) is 5.75 Å². The number of hydrogen-bond acceptors (Lipinski definition) is 5. The van der Waals surface area contributed by atoms with Gasteiger partial charge in [0.15, 0.2) is 0 Å². The summed E-state index contributed by atoms with van der Waals surface area (Å²) in [6.45, 7) is 1.64. The minimum atomic E-state index is -1.48. The highest BCUT2D eigenvalue weighted by atomic mass is 35.5. The molecule has 0 aliphatic carbocycles. The third-order valence-corrected chi connectivity index (χ3v) is 6.34. The second-order valence-corrected chi connectivity index (χ2v) is 8.28. The van der Waals surface area contributed by atoms with Gasteiger partial charge in [0.1, 0.15) is 11.6 Å². The molecule has 2 N–H and O–H groups in total. The Morgan fingerprint density at radius 1 is 1.28 bits per heavy atom. The molecule has 2 aromatic carbocycles. The summed E-state index contributed by atoms with van der Waals surface area (Å²) in [5, 5.41) is 23.7. The second-order valence-electron chi connectivity index (χ2n) is 7.87. The van der Waals surface area contributed by atoms with Gasteiger partial charge >= 0.3 is 5.97 Å². The maximum absolute atomic E-state index is 13.7. The molecule has 3 atom stereocenters. The molecule has 0 aromatic heterocycles. The van der Waals surface area contributed by atoms with E-state index in [-0.39, 0.29) is 17.2 Å². The SMILES string of the molecule is COCC1NC(Cc2ccc(OC)cc2)=C(C#N)C(c2ccc(F)cc2Cl)C1(C)C(=O)O. The number of carbonyl (C=O) groups is 1. The van der Waals surface area contributed by atoms with Crippen LogP contribution in [0.4, 0.5) is 4.39 Å². The van der Waals surface area contributed by atoms with Crippen molar-refractivity contribution in [3.8, 4) is 11.8 Å². The minimum Gasteiger partial charge on any atom is -0.497 e. The van der Waals surface area contributed by atoms with Crippen LogP contribution in [-0.2, 0) is 16.0 Å². The van der Waals surface area contributed by atoms with E-state index in [1.165, 1.54) is 19.2 Å².